The standard InChI is InChI=1S/C26H17N/c1-2-10-20-18(8-1)15-16-19-9-7-17-27-24-14-6-5-12-22(24)21-11-3-4-13-23(21)25(20)26(19)27/h1-17H. The van der Waals surface area contributed by atoms with Gasteiger partial charge in [0, 0.05) is 17.3 Å². The number of hydrogen-bond acceptors (Lipinski definition) is 1. The highest BCUT2D eigenvalue weighted by atomic mass is 15.1. The highest BCUT2D eigenvalue weighted by Crippen LogP contribution is 2.48. The topological polar surface area (TPSA) is 3.24 Å². The van der Waals surface area contributed by atoms with E-state index >= 15 is 0 Å². The van der Waals surface area contributed by atoms with E-state index in [1.807, 2.05) is 0 Å². The first-order valence-electron chi connectivity index (χ1n) is 9.30. The Bertz CT molecular complexity index is 1220. The fraction of sp³-hybridized carbons (Fsp3) is 0. The Balaban J connectivity index is 1.83. The Morgan fingerprint density at radius 2 is 1.30 bits per heavy atom. The summed E-state index contributed by atoms with van der Waals surface area (Å²) in [6.07, 6.45) is 11.0. The molecule has 3 aliphatic rings. The zero-order valence-electron chi connectivity index (χ0n) is 14.8. The molecule has 0 aromatic heterocycles. The van der Waals surface area contributed by atoms with Crippen molar-refractivity contribution in [3.05, 3.63) is 125 Å². The average Bonchev–Trinajstić information content (AvgIpc) is 2.98. The van der Waals surface area contributed by atoms with Crippen LogP contribution in [0.25, 0.3) is 22.8 Å². The Labute approximate surface area is 158 Å². The highest BCUT2D eigenvalue weighted by molar-refractivity contribution is 6.02. The summed E-state index contributed by atoms with van der Waals surface area (Å²) < 4.78 is 0. The van der Waals surface area contributed by atoms with Crippen LogP contribution in [-0.4, -0.2) is 0 Å². The Kier molecular flexibility index (Phi) is 2.95. The van der Waals surface area contributed by atoms with Crippen molar-refractivity contribution >= 4 is 17.3 Å². The second kappa shape index (κ2) is 5.46. The predicted octanol–water partition coefficient (Wildman–Crippen LogP) is 6.41. The molecule has 0 atom stereocenters. The van der Waals surface area contributed by atoms with E-state index in [1.54, 1.807) is 0 Å². The lowest BCUT2D eigenvalue weighted by Gasteiger charge is -2.29. The van der Waals surface area contributed by atoms with Crippen molar-refractivity contribution in [2.45, 2.75) is 0 Å². The summed E-state index contributed by atoms with van der Waals surface area (Å²) in [5.74, 6) is 0. The summed E-state index contributed by atoms with van der Waals surface area (Å²) in [4.78, 5) is 2.35. The summed E-state index contributed by atoms with van der Waals surface area (Å²) in [6.45, 7) is 0. The van der Waals surface area contributed by atoms with Crippen molar-refractivity contribution in [1.82, 2.24) is 0 Å². The van der Waals surface area contributed by atoms with Crippen molar-refractivity contribution in [1.29, 1.82) is 0 Å². The third-order valence-electron chi connectivity index (χ3n) is 5.58. The second-order valence-corrected chi connectivity index (χ2v) is 7.04. The molecule has 1 aliphatic carbocycles. The zero-order valence-corrected chi connectivity index (χ0v) is 14.8. The van der Waals surface area contributed by atoms with Crippen LogP contribution in [0.2, 0.25) is 0 Å². The Morgan fingerprint density at radius 1 is 0.593 bits per heavy atom. The van der Waals surface area contributed by atoms with Gasteiger partial charge in [-0.05, 0) is 40.0 Å². The smallest absolute Gasteiger partial charge is 0.0612 e. The van der Waals surface area contributed by atoms with Crippen LogP contribution in [0.5, 0.6) is 0 Å². The largest absolute Gasteiger partial charge is 0.315 e. The van der Waals surface area contributed by atoms with Crippen LogP contribution in [0.4, 0.5) is 5.69 Å². The molecule has 0 radical (unpaired) electrons. The molecule has 27 heavy (non-hydrogen) atoms. The minimum atomic E-state index is 1.23. The molecule has 0 N–H and O–H groups in total. The second-order valence-electron chi connectivity index (χ2n) is 7.04. The van der Waals surface area contributed by atoms with Gasteiger partial charge in [-0.25, -0.2) is 0 Å². The number of benzene rings is 3. The number of fused-ring (bicyclic) bond motifs is 7. The van der Waals surface area contributed by atoms with E-state index in [2.05, 4.69) is 108 Å². The van der Waals surface area contributed by atoms with Gasteiger partial charge in [0.2, 0.25) is 0 Å². The Morgan fingerprint density at radius 3 is 2.19 bits per heavy atom. The molecule has 6 rings (SSSR count). The van der Waals surface area contributed by atoms with E-state index in [9.17, 15) is 0 Å². The molecule has 2 aliphatic heterocycles. The fourth-order valence-electron chi connectivity index (χ4n) is 4.42. The van der Waals surface area contributed by atoms with Crippen molar-refractivity contribution < 1.29 is 0 Å². The van der Waals surface area contributed by atoms with Crippen LogP contribution in [0, 0.1) is 0 Å². The van der Waals surface area contributed by atoms with Gasteiger partial charge in [0.15, 0.2) is 0 Å². The maximum absolute atomic E-state index is 2.35. The van der Waals surface area contributed by atoms with Crippen LogP contribution in [0.15, 0.2) is 108 Å². The van der Waals surface area contributed by atoms with Gasteiger partial charge >= 0.3 is 0 Å². The van der Waals surface area contributed by atoms with Crippen LogP contribution in [0.1, 0.15) is 16.7 Å². The van der Waals surface area contributed by atoms with Gasteiger partial charge in [0.05, 0.1) is 11.4 Å². The third kappa shape index (κ3) is 2.00. The first-order chi connectivity index (χ1) is 13.4. The van der Waals surface area contributed by atoms with Crippen LogP contribution < -0.4 is 4.90 Å². The molecule has 1 heteroatoms. The normalized spacial score (nSPS) is 15.9. The van der Waals surface area contributed by atoms with E-state index in [0.717, 1.165) is 0 Å². The van der Waals surface area contributed by atoms with E-state index < -0.39 is 0 Å². The van der Waals surface area contributed by atoms with E-state index in [0.29, 0.717) is 0 Å². The number of nitrogens with zero attached hydrogens (tertiary/aromatic N) is 1. The SMILES string of the molecule is C1=CN2C3=C(c4ccccc4C=CC3=C1)c1ccccc1-c1ccccc12. The molecule has 0 fully saturated rings. The number of anilines is 1. The van der Waals surface area contributed by atoms with Gasteiger partial charge in [0.1, 0.15) is 0 Å². The maximum Gasteiger partial charge on any atom is 0.0612 e. The molecule has 126 valence electrons. The van der Waals surface area contributed by atoms with Gasteiger partial charge in [-0.1, -0.05) is 85.0 Å². The molecule has 2 heterocycles. The number of para-hydroxylation sites is 1. The number of hydrogen-bond donors (Lipinski definition) is 0. The summed E-state index contributed by atoms with van der Waals surface area (Å²) >= 11 is 0. The third-order valence-corrected chi connectivity index (χ3v) is 5.58. The summed E-state index contributed by atoms with van der Waals surface area (Å²) in [5, 5.41) is 0. The number of allylic oxidation sites excluding steroid dienone is 3. The zero-order chi connectivity index (χ0) is 17.8. The van der Waals surface area contributed by atoms with Gasteiger partial charge in [-0.3, -0.25) is 0 Å². The van der Waals surface area contributed by atoms with Gasteiger partial charge in [-0.2, -0.15) is 0 Å². The average molecular weight is 343 g/mol. The van der Waals surface area contributed by atoms with E-state index in [-0.39, 0.29) is 0 Å². The lowest BCUT2D eigenvalue weighted by atomic mass is 9.88. The van der Waals surface area contributed by atoms with Crippen LogP contribution >= 0.6 is 0 Å². The molecule has 0 unspecified atom stereocenters. The minimum absolute atomic E-state index is 1.23. The molecule has 3 aromatic rings. The molecule has 0 bridgehead atoms. The lowest BCUT2D eigenvalue weighted by Crippen LogP contribution is -2.20. The molecule has 3 aromatic carbocycles. The predicted molar refractivity (Wildman–Crippen MR) is 113 cm³/mol. The van der Waals surface area contributed by atoms with Crippen molar-refractivity contribution in [2.24, 2.45) is 0 Å². The maximum atomic E-state index is 2.35. The van der Waals surface area contributed by atoms with Crippen molar-refractivity contribution in [3.63, 3.8) is 0 Å². The van der Waals surface area contributed by atoms with Crippen molar-refractivity contribution in [3.8, 4) is 11.1 Å². The highest BCUT2D eigenvalue weighted by Gasteiger charge is 2.30. The van der Waals surface area contributed by atoms with E-state index in [4.69, 9.17) is 0 Å². The summed E-state index contributed by atoms with van der Waals surface area (Å²) in [7, 11) is 0. The minimum Gasteiger partial charge on any atom is -0.315 e. The molecule has 0 saturated carbocycles. The number of rotatable bonds is 0. The summed E-state index contributed by atoms with van der Waals surface area (Å²) in [6, 6.07) is 26.2. The van der Waals surface area contributed by atoms with Gasteiger partial charge < -0.3 is 4.90 Å². The summed E-state index contributed by atoms with van der Waals surface area (Å²) in [5.41, 5.74) is 11.4. The van der Waals surface area contributed by atoms with Crippen LogP contribution in [0.3, 0.4) is 0 Å². The quantitative estimate of drug-likeness (QED) is 0.455. The Hall–Kier alpha value is -3.58. The monoisotopic (exact) mass is 343 g/mol. The fourth-order valence-corrected chi connectivity index (χ4v) is 4.42. The van der Waals surface area contributed by atoms with Crippen LogP contribution in [-0.2, 0) is 0 Å². The molecule has 0 saturated heterocycles. The molecule has 0 spiro atoms. The molecule has 1 nitrogen and oxygen atoms in total. The van der Waals surface area contributed by atoms with Crippen molar-refractivity contribution in [2.75, 3.05) is 4.90 Å². The van der Waals surface area contributed by atoms with E-state index in [1.165, 1.54) is 50.3 Å². The van der Waals surface area contributed by atoms with Gasteiger partial charge in [0.25, 0.3) is 0 Å². The molecular formula is C26H17N. The van der Waals surface area contributed by atoms with Gasteiger partial charge in [-0.15, -0.1) is 0 Å². The molecule has 0 amide bonds. The first-order valence-corrected chi connectivity index (χ1v) is 9.30. The first kappa shape index (κ1) is 14.6. The molecular weight excluding hydrogens is 326 g/mol. The lowest BCUT2D eigenvalue weighted by molar-refractivity contribution is 1.17.